The summed E-state index contributed by atoms with van der Waals surface area (Å²) >= 11 is 0. The Hall–Kier alpha value is -3.72. The number of carbonyl (C=O) groups excluding carboxylic acids is 1. The monoisotopic (exact) mass is 379 g/mol. The van der Waals surface area contributed by atoms with Gasteiger partial charge in [0.2, 0.25) is 5.75 Å². The minimum Gasteiger partial charge on any atom is -0.493 e. The van der Waals surface area contributed by atoms with Crippen LogP contribution in [-0.2, 0) is 9.53 Å². The minimum atomic E-state index is -0.627. The second-order valence-corrected chi connectivity index (χ2v) is 5.59. The molecule has 0 aliphatic heterocycles. The Morgan fingerprint density at radius 2 is 1.50 bits per heavy atom. The number of nitrogens with zero attached hydrogens (tertiary/aromatic N) is 1. The van der Waals surface area contributed by atoms with Gasteiger partial charge in [-0.2, -0.15) is 5.26 Å². The van der Waals surface area contributed by atoms with Crippen molar-refractivity contribution in [1.82, 2.24) is 0 Å². The molecule has 0 aliphatic rings. The molecule has 0 aliphatic carbocycles. The van der Waals surface area contributed by atoms with E-state index in [4.69, 9.17) is 18.9 Å². The SMILES string of the molecule is COC(=O)C(=C/c1cc(OC)c(OC)c(OC)c1)/C(C#N)=C\c1ccccc1. The third-order valence-corrected chi connectivity index (χ3v) is 3.92. The number of esters is 1. The van der Waals surface area contributed by atoms with Crippen LogP contribution in [0.2, 0.25) is 0 Å². The van der Waals surface area contributed by atoms with Gasteiger partial charge in [-0.25, -0.2) is 4.79 Å². The Morgan fingerprint density at radius 3 is 1.96 bits per heavy atom. The molecule has 144 valence electrons. The van der Waals surface area contributed by atoms with Gasteiger partial charge in [0.25, 0.3) is 0 Å². The molecule has 2 aromatic carbocycles. The van der Waals surface area contributed by atoms with E-state index in [0.29, 0.717) is 22.8 Å². The molecule has 0 saturated carbocycles. The van der Waals surface area contributed by atoms with Crippen molar-refractivity contribution in [2.24, 2.45) is 0 Å². The summed E-state index contributed by atoms with van der Waals surface area (Å²) in [4.78, 5) is 12.4. The van der Waals surface area contributed by atoms with E-state index in [9.17, 15) is 10.1 Å². The van der Waals surface area contributed by atoms with Gasteiger partial charge in [-0.3, -0.25) is 0 Å². The van der Waals surface area contributed by atoms with Gasteiger partial charge in [0.15, 0.2) is 11.5 Å². The standard InChI is InChI=1S/C22H21NO5/c1-25-19-12-16(13-20(26-2)21(19)27-3)11-18(22(24)28-4)17(14-23)10-15-8-6-5-7-9-15/h5-13H,1-4H3/b17-10-,18-11+. The Labute approximate surface area is 164 Å². The number of ether oxygens (including phenoxy) is 4. The van der Waals surface area contributed by atoms with Crippen molar-refractivity contribution in [2.45, 2.75) is 0 Å². The lowest BCUT2D eigenvalue weighted by Crippen LogP contribution is -2.07. The van der Waals surface area contributed by atoms with Crippen LogP contribution >= 0.6 is 0 Å². The molecule has 0 heterocycles. The molecule has 0 radical (unpaired) electrons. The van der Waals surface area contributed by atoms with Crippen LogP contribution in [0, 0.1) is 11.3 Å². The molecule has 0 bridgehead atoms. The minimum absolute atomic E-state index is 0.114. The molecule has 0 amide bonds. The van der Waals surface area contributed by atoms with Crippen LogP contribution in [-0.4, -0.2) is 34.4 Å². The van der Waals surface area contributed by atoms with Crippen molar-refractivity contribution < 1.29 is 23.7 Å². The van der Waals surface area contributed by atoms with E-state index in [1.807, 2.05) is 30.3 Å². The molecule has 0 N–H and O–H groups in total. The first-order valence-electron chi connectivity index (χ1n) is 8.35. The van der Waals surface area contributed by atoms with Crippen LogP contribution < -0.4 is 14.2 Å². The number of hydrogen-bond acceptors (Lipinski definition) is 6. The summed E-state index contributed by atoms with van der Waals surface area (Å²) in [7, 11) is 5.78. The maximum Gasteiger partial charge on any atom is 0.339 e. The van der Waals surface area contributed by atoms with Gasteiger partial charge in [0.1, 0.15) is 6.07 Å². The molecule has 0 atom stereocenters. The molecule has 6 heteroatoms. The fourth-order valence-electron chi connectivity index (χ4n) is 2.59. The van der Waals surface area contributed by atoms with E-state index < -0.39 is 5.97 Å². The average molecular weight is 379 g/mol. The Bertz CT molecular complexity index is 914. The van der Waals surface area contributed by atoms with Crippen molar-refractivity contribution >= 4 is 18.1 Å². The second-order valence-electron chi connectivity index (χ2n) is 5.59. The molecule has 2 aromatic rings. The summed E-state index contributed by atoms with van der Waals surface area (Å²) in [5.74, 6) is 0.672. The topological polar surface area (TPSA) is 77.8 Å². The van der Waals surface area contributed by atoms with Gasteiger partial charge in [-0.15, -0.1) is 0 Å². The quantitative estimate of drug-likeness (QED) is 0.314. The zero-order valence-corrected chi connectivity index (χ0v) is 16.2. The lowest BCUT2D eigenvalue weighted by Gasteiger charge is -2.13. The fourth-order valence-corrected chi connectivity index (χ4v) is 2.59. The maximum atomic E-state index is 12.4. The Morgan fingerprint density at radius 1 is 0.893 bits per heavy atom. The number of nitriles is 1. The predicted molar refractivity (Wildman–Crippen MR) is 106 cm³/mol. The summed E-state index contributed by atoms with van der Waals surface area (Å²) in [5, 5.41) is 9.63. The first kappa shape index (κ1) is 20.6. The van der Waals surface area contributed by atoms with Gasteiger partial charge in [0.05, 0.1) is 39.6 Å². The van der Waals surface area contributed by atoms with Gasteiger partial charge >= 0.3 is 5.97 Å². The van der Waals surface area contributed by atoms with E-state index >= 15 is 0 Å². The van der Waals surface area contributed by atoms with E-state index in [2.05, 4.69) is 6.07 Å². The lowest BCUT2D eigenvalue weighted by molar-refractivity contribution is -0.135. The van der Waals surface area contributed by atoms with Crippen LogP contribution in [0.25, 0.3) is 12.2 Å². The number of rotatable bonds is 7. The van der Waals surface area contributed by atoms with Crippen molar-refractivity contribution in [3.05, 3.63) is 64.7 Å². The van der Waals surface area contributed by atoms with Gasteiger partial charge in [-0.1, -0.05) is 30.3 Å². The highest BCUT2D eigenvalue weighted by atomic mass is 16.5. The van der Waals surface area contributed by atoms with Crippen LogP contribution in [0.3, 0.4) is 0 Å². The normalized spacial score (nSPS) is 11.4. The van der Waals surface area contributed by atoms with Crippen molar-refractivity contribution in [3.8, 4) is 23.3 Å². The number of carbonyl (C=O) groups is 1. The van der Waals surface area contributed by atoms with Crippen molar-refractivity contribution in [3.63, 3.8) is 0 Å². The molecular formula is C22H21NO5. The van der Waals surface area contributed by atoms with Gasteiger partial charge < -0.3 is 18.9 Å². The molecule has 0 spiro atoms. The molecule has 2 rings (SSSR count). The summed E-state index contributed by atoms with van der Waals surface area (Å²) in [5.41, 5.74) is 1.66. The van der Waals surface area contributed by atoms with Crippen LogP contribution in [0.15, 0.2) is 53.6 Å². The molecule has 6 nitrogen and oxygen atoms in total. The molecule has 0 fully saturated rings. The highest BCUT2D eigenvalue weighted by Crippen LogP contribution is 2.39. The Kier molecular flexibility index (Phi) is 7.23. The number of hydrogen-bond donors (Lipinski definition) is 0. The smallest absolute Gasteiger partial charge is 0.339 e. The fraction of sp³-hybridized carbons (Fsp3) is 0.182. The summed E-state index contributed by atoms with van der Waals surface area (Å²) in [6.07, 6.45) is 3.18. The third kappa shape index (κ3) is 4.71. The van der Waals surface area contributed by atoms with Crippen LogP contribution in [0.1, 0.15) is 11.1 Å². The summed E-state index contributed by atoms with van der Waals surface area (Å²) in [6.45, 7) is 0. The van der Waals surface area contributed by atoms with Crippen molar-refractivity contribution in [2.75, 3.05) is 28.4 Å². The highest BCUT2D eigenvalue weighted by Gasteiger charge is 2.18. The zero-order chi connectivity index (χ0) is 20.5. The van der Waals surface area contributed by atoms with E-state index in [0.717, 1.165) is 5.56 Å². The van der Waals surface area contributed by atoms with E-state index in [1.165, 1.54) is 28.4 Å². The van der Waals surface area contributed by atoms with Gasteiger partial charge in [-0.05, 0) is 35.4 Å². The largest absolute Gasteiger partial charge is 0.493 e. The molecule has 0 unspecified atom stereocenters. The zero-order valence-electron chi connectivity index (χ0n) is 16.2. The van der Waals surface area contributed by atoms with Crippen molar-refractivity contribution in [1.29, 1.82) is 5.26 Å². The number of benzene rings is 2. The number of methoxy groups -OCH3 is 4. The molecule has 28 heavy (non-hydrogen) atoms. The molecule has 0 aromatic heterocycles. The average Bonchev–Trinajstić information content (AvgIpc) is 2.75. The van der Waals surface area contributed by atoms with Gasteiger partial charge in [0, 0.05) is 0 Å². The predicted octanol–water partition coefficient (Wildman–Crippen LogP) is 3.88. The second kappa shape index (κ2) is 9.83. The lowest BCUT2D eigenvalue weighted by atomic mass is 10.0. The third-order valence-electron chi connectivity index (χ3n) is 3.92. The summed E-state index contributed by atoms with van der Waals surface area (Å²) < 4.78 is 20.9. The molecular weight excluding hydrogens is 358 g/mol. The van der Waals surface area contributed by atoms with E-state index in [1.54, 1.807) is 24.3 Å². The first-order valence-corrected chi connectivity index (χ1v) is 8.35. The highest BCUT2D eigenvalue weighted by molar-refractivity contribution is 6.01. The first-order chi connectivity index (χ1) is 13.6. The van der Waals surface area contributed by atoms with Crippen LogP contribution in [0.4, 0.5) is 0 Å². The Balaban J connectivity index is 2.63. The van der Waals surface area contributed by atoms with Crippen LogP contribution in [0.5, 0.6) is 17.2 Å². The molecule has 0 saturated heterocycles. The van der Waals surface area contributed by atoms with E-state index in [-0.39, 0.29) is 11.1 Å². The summed E-state index contributed by atoms with van der Waals surface area (Å²) in [6, 6.07) is 14.7. The maximum absolute atomic E-state index is 12.4.